The van der Waals surface area contributed by atoms with Gasteiger partial charge in [-0.05, 0) is 31.9 Å². The highest BCUT2D eigenvalue weighted by atomic mass is 16.5. The number of anilines is 4. The molecule has 32 heavy (non-hydrogen) atoms. The fourth-order valence-electron chi connectivity index (χ4n) is 4.14. The monoisotopic (exact) mass is 435 g/mol. The van der Waals surface area contributed by atoms with Gasteiger partial charge in [0.1, 0.15) is 17.7 Å². The summed E-state index contributed by atoms with van der Waals surface area (Å²) < 4.78 is 5.04. The number of pyridine rings is 2. The lowest BCUT2D eigenvalue weighted by atomic mass is 10.1. The summed E-state index contributed by atoms with van der Waals surface area (Å²) in [7, 11) is 1.60. The fourth-order valence-corrected chi connectivity index (χ4v) is 4.14. The van der Waals surface area contributed by atoms with Gasteiger partial charge in [0, 0.05) is 56.7 Å². The number of hydrogen-bond acceptors (Lipinski definition) is 8. The maximum absolute atomic E-state index is 12.5. The maximum Gasteiger partial charge on any atom is 0.225 e. The van der Waals surface area contributed by atoms with Crippen molar-refractivity contribution < 1.29 is 9.53 Å². The Balaban J connectivity index is 1.58. The first kappa shape index (κ1) is 21.8. The van der Waals surface area contributed by atoms with Gasteiger partial charge in [-0.25, -0.2) is 9.97 Å². The highest BCUT2D eigenvalue weighted by Crippen LogP contribution is 2.44. The third kappa shape index (κ3) is 4.75. The van der Waals surface area contributed by atoms with Gasteiger partial charge in [-0.15, -0.1) is 0 Å². The number of aromatic nitrogens is 2. The largest absolute Gasteiger partial charge is 0.384 e. The second kappa shape index (κ2) is 9.40. The number of methoxy groups -OCH3 is 1. The SMILES string of the molecule is COCCC(=O)N1CCN(c2nc(C3CC3)c(Nc3ccnc(N)c3)cc2C#N)C[C@H]1C. The van der Waals surface area contributed by atoms with Crippen LogP contribution in [-0.2, 0) is 9.53 Å². The Labute approximate surface area is 188 Å². The molecule has 3 N–H and O–H groups in total. The number of nitrogens with one attached hydrogen (secondary N) is 1. The molecule has 1 saturated carbocycles. The second-order valence-electron chi connectivity index (χ2n) is 8.40. The van der Waals surface area contributed by atoms with Gasteiger partial charge in [0.2, 0.25) is 5.91 Å². The number of nitrogens with zero attached hydrogens (tertiary/aromatic N) is 5. The number of piperazine rings is 1. The summed E-state index contributed by atoms with van der Waals surface area (Å²) in [6.07, 6.45) is 4.21. The van der Waals surface area contributed by atoms with Gasteiger partial charge < -0.3 is 25.6 Å². The third-order valence-corrected chi connectivity index (χ3v) is 5.94. The van der Waals surface area contributed by atoms with Crippen molar-refractivity contribution in [2.75, 3.05) is 49.3 Å². The fraction of sp³-hybridized carbons (Fsp3) is 0.478. The molecule has 1 aliphatic carbocycles. The molecular weight excluding hydrogens is 406 g/mol. The van der Waals surface area contributed by atoms with Crippen LogP contribution >= 0.6 is 0 Å². The van der Waals surface area contributed by atoms with E-state index in [9.17, 15) is 10.1 Å². The molecule has 168 valence electrons. The molecule has 4 rings (SSSR count). The van der Waals surface area contributed by atoms with Gasteiger partial charge in [-0.1, -0.05) is 0 Å². The van der Waals surface area contributed by atoms with Crippen molar-refractivity contribution in [1.82, 2.24) is 14.9 Å². The quantitative estimate of drug-likeness (QED) is 0.681. The molecule has 1 atom stereocenters. The molecule has 1 aliphatic heterocycles. The predicted octanol–water partition coefficient (Wildman–Crippen LogP) is 2.63. The average Bonchev–Trinajstić information content (AvgIpc) is 3.62. The number of nitriles is 1. The van der Waals surface area contributed by atoms with E-state index in [1.165, 1.54) is 0 Å². The lowest BCUT2D eigenvalue weighted by Crippen LogP contribution is -2.54. The first-order chi connectivity index (χ1) is 15.5. The Morgan fingerprint density at radius 1 is 1.38 bits per heavy atom. The molecule has 3 heterocycles. The predicted molar refractivity (Wildman–Crippen MR) is 123 cm³/mol. The van der Waals surface area contributed by atoms with E-state index in [1.807, 2.05) is 24.0 Å². The number of ether oxygens (including phenoxy) is 1. The van der Waals surface area contributed by atoms with Gasteiger partial charge in [-0.3, -0.25) is 4.79 Å². The van der Waals surface area contributed by atoms with Crippen molar-refractivity contribution in [3.05, 3.63) is 35.7 Å². The van der Waals surface area contributed by atoms with Crippen LogP contribution in [0.5, 0.6) is 0 Å². The van der Waals surface area contributed by atoms with Crippen molar-refractivity contribution in [1.29, 1.82) is 5.26 Å². The third-order valence-electron chi connectivity index (χ3n) is 5.94. The van der Waals surface area contributed by atoms with Crippen molar-refractivity contribution >= 4 is 28.9 Å². The van der Waals surface area contributed by atoms with Crippen LogP contribution in [0.3, 0.4) is 0 Å². The normalized spacial score (nSPS) is 18.3. The number of carbonyl (C=O) groups excluding carboxylic acids is 1. The van der Waals surface area contributed by atoms with Crippen LogP contribution in [0, 0.1) is 11.3 Å². The number of hydrogen-bond donors (Lipinski definition) is 2. The minimum atomic E-state index is 0.0309. The molecule has 2 aliphatic rings. The van der Waals surface area contributed by atoms with Gasteiger partial charge in [0.15, 0.2) is 0 Å². The zero-order chi connectivity index (χ0) is 22.7. The van der Waals surface area contributed by atoms with Crippen LogP contribution in [0.4, 0.5) is 23.0 Å². The number of rotatable bonds is 7. The Kier molecular flexibility index (Phi) is 6.42. The lowest BCUT2D eigenvalue weighted by molar-refractivity contribution is -0.134. The molecule has 1 amide bonds. The van der Waals surface area contributed by atoms with Crippen molar-refractivity contribution in [3.8, 4) is 6.07 Å². The molecule has 2 aromatic rings. The molecule has 1 saturated heterocycles. The van der Waals surface area contributed by atoms with E-state index >= 15 is 0 Å². The zero-order valence-corrected chi connectivity index (χ0v) is 18.5. The molecule has 0 unspecified atom stereocenters. The van der Waals surface area contributed by atoms with E-state index in [-0.39, 0.29) is 11.9 Å². The van der Waals surface area contributed by atoms with E-state index in [1.54, 1.807) is 19.4 Å². The first-order valence-electron chi connectivity index (χ1n) is 11.0. The highest BCUT2D eigenvalue weighted by Gasteiger charge is 2.32. The second-order valence-corrected chi connectivity index (χ2v) is 8.40. The summed E-state index contributed by atoms with van der Waals surface area (Å²) in [4.78, 5) is 25.5. The van der Waals surface area contributed by atoms with Gasteiger partial charge in [-0.2, -0.15) is 5.26 Å². The van der Waals surface area contributed by atoms with E-state index < -0.39 is 0 Å². The molecular formula is C23H29N7O2. The van der Waals surface area contributed by atoms with E-state index in [0.29, 0.717) is 55.8 Å². The molecule has 0 radical (unpaired) electrons. The molecule has 0 bridgehead atoms. The lowest BCUT2D eigenvalue weighted by Gasteiger charge is -2.41. The molecule has 9 nitrogen and oxygen atoms in total. The summed E-state index contributed by atoms with van der Waals surface area (Å²) in [6.45, 7) is 4.34. The summed E-state index contributed by atoms with van der Waals surface area (Å²) in [5, 5.41) is 13.3. The molecule has 0 aromatic carbocycles. The molecule has 2 fully saturated rings. The number of nitrogens with two attached hydrogens (primary N) is 1. The Morgan fingerprint density at radius 2 is 2.19 bits per heavy atom. The zero-order valence-electron chi connectivity index (χ0n) is 18.5. The highest BCUT2D eigenvalue weighted by molar-refractivity contribution is 5.77. The minimum Gasteiger partial charge on any atom is -0.384 e. The number of carbonyl (C=O) groups is 1. The smallest absolute Gasteiger partial charge is 0.225 e. The van der Waals surface area contributed by atoms with Crippen LogP contribution in [-0.4, -0.2) is 60.2 Å². The molecule has 0 spiro atoms. The summed E-state index contributed by atoms with van der Waals surface area (Å²) in [5.74, 6) is 1.62. The maximum atomic E-state index is 12.5. The summed E-state index contributed by atoms with van der Waals surface area (Å²) in [6, 6.07) is 7.83. The van der Waals surface area contributed by atoms with Crippen LogP contribution in [0.25, 0.3) is 0 Å². The van der Waals surface area contributed by atoms with Crippen LogP contribution < -0.4 is 16.0 Å². The number of amides is 1. The molecule has 9 heteroatoms. The van der Waals surface area contributed by atoms with E-state index in [0.717, 1.165) is 29.9 Å². The van der Waals surface area contributed by atoms with Gasteiger partial charge in [0.05, 0.1) is 30.0 Å². The first-order valence-corrected chi connectivity index (χ1v) is 11.0. The van der Waals surface area contributed by atoms with Crippen LogP contribution in [0.15, 0.2) is 24.4 Å². The standard InChI is InChI=1S/C23H29N7O2/c1-15-14-29(8-9-30(15)21(31)6-10-32-2)23-17(13-24)11-19(22(28-23)16-3-4-16)27-18-5-7-26-20(25)12-18/h5,7,11-12,15-16H,3-4,6,8-10,14H2,1-2H3,(H3,25,26,27)/t15-/m1/s1. The van der Waals surface area contributed by atoms with Gasteiger partial charge >= 0.3 is 0 Å². The van der Waals surface area contributed by atoms with E-state index in [2.05, 4.69) is 21.3 Å². The van der Waals surface area contributed by atoms with Crippen LogP contribution in [0.1, 0.15) is 43.4 Å². The summed E-state index contributed by atoms with van der Waals surface area (Å²) in [5.41, 5.74) is 8.95. The topological polar surface area (TPSA) is 120 Å². The Bertz CT molecular complexity index is 1030. The Hall–Kier alpha value is -3.38. The van der Waals surface area contributed by atoms with Crippen LogP contribution in [0.2, 0.25) is 0 Å². The summed E-state index contributed by atoms with van der Waals surface area (Å²) >= 11 is 0. The molecule has 2 aromatic heterocycles. The van der Waals surface area contributed by atoms with Crippen molar-refractivity contribution in [3.63, 3.8) is 0 Å². The average molecular weight is 436 g/mol. The minimum absolute atomic E-state index is 0.0309. The van der Waals surface area contributed by atoms with Crippen molar-refractivity contribution in [2.45, 2.75) is 38.1 Å². The Morgan fingerprint density at radius 3 is 2.84 bits per heavy atom. The van der Waals surface area contributed by atoms with E-state index in [4.69, 9.17) is 15.5 Å². The van der Waals surface area contributed by atoms with Gasteiger partial charge in [0.25, 0.3) is 0 Å². The number of nitrogen functional groups attached to an aromatic ring is 1. The van der Waals surface area contributed by atoms with Crippen molar-refractivity contribution in [2.24, 2.45) is 0 Å².